The molecule has 0 aromatic heterocycles. The monoisotopic (exact) mass is 416 g/mol. The van der Waals surface area contributed by atoms with Crippen molar-refractivity contribution in [3.63, 3.8) is 0 Å². The molecule has 0 bridgehead atoms. The van der Waals surface area contributed by atoms with Gasteiger partial charge in [-0.1, -0.05) is 47.9 Å². The number of carbonyl (C=O) groups is 1. The van der Waals surface area contributed by atoms with Crippen molar-refractivity contribution in [2.45, 2.75) is 6.54 Å². The van der Waals surface area contributed by atoms with E-state index < -0.39 is 5.82 Å². The van der Waals surface area contributed by atoms with Crippen molar-refractivity contribution >= 4 is 53.6 Å². The van der Waals surface area contributed by atoms with E-state index in [1.807, 2.05) is 62.4 Å². The number of thiocarbonyl (C=S) groups is 1. The number of benzene rings is 3. The van der Waals surface area contributed by atoms with E-state index in [0.29, 0.717) is 17.8 Å². The molecule has 0 spiro atoms. The Morgan fingerprint density at radius 1 is 1.07 bits per heavy atom. The highest BCUT2D eigenvalue weighted by Crippen LogP contribution is 2.31. The summed E-state index contributed by atoms with van der Waals surface area (Å²) in [7, 11) is 2.00. The number of fused-ring (bicyclic) bond motifs is 1. The molecule has 0 aliphatic carbocycles. The fourth-order valence-corrected chi connectivity index (χ4v) is 3.38. The summed E-state index contributed by atoms with van der Waals surface area (Å²) in [5.41, 5.74) is 6.76. The van der Waals surface area contributed by atoms with Gasteiger partial charge < -0.3 is 10.2 Å². The summed E-state index contributed by atoms with van der Waals surface area (Å²) >= 11 is 5.27. The summed E-state index contributed by atoms with van der Waals surface area (Å²) in [6, 6.07) is 21.5. The molecule has 3 aromatic rings. The highest BCUT2D eigenvalue weighted by Gasteiger charge is 2.34. The molecular formula is C22H18BFN4OS. The summed E-state index contributed by atoms with van der Waals surface area (Å²) in [6.45, 7) is 0.364. The van der Waals surface area contributed by atoms with Crippen LogP contribution in [0.5, 0.6) is 0 Å². The number of halogens is 1. The average molecular weight is 416 g/mol. The van der Waals surface area contributed by atoms with E-state index in [0.717, 1.165) is 16.7 Å². The van der Waals surface area contributed by atoms with Crippen LogP contribution in [0.15, 0.2) is 77.9 Å². The Balaban J connectivity index is 1.56. The van der Waals surface area contributed by atoms with Crippen molar-refractivity contribution in [1.29, 1.82) is 0 Å². The molecule has 0 saturated carbocycles. The number of rotatable bonds is 4. The Morgan fingerprint density at radius 3 is 2.53 bits per heavy atom. The molecule has 0 radical (unpaired) electrons. The molecule has 1 heterocycles. The minimum atomic E-state index is -0.434. The van der Waals surface area contributed by atoms with Crippen LogP contribution in [0.2, 0.25) is 0 Å². The molecule has 5 nitrogen and oxygen atoms in total. The summed E-state index contributed by atoms with van der Waals surface area (Å²) in [4.78, 5) is 14.6. The first-order valence-electron chi connectivity index (χ1n) is 9.38. The van der Waals surface area contributed by atoms with Gasteiger partial charge in [0.1, 0.15) is 13.7 Å². The van der Waals surface area contributed by atoms with Gasteiger partial charge in [-0.05, 0) is 48.1 Å². The molecule has 3 aromatic carbocycles. The van der Waals surface area contributed by atoms with Crippen LogP contribution in [0.3, 0.4) is 0 Å². The maximum absolute atomic E-state index is 13.9. The van der Waals surface area contributed by atoms with E-state index in [1.165, 1.54) is 12.1 Å². The Hall–Kier alpha value is -3.52. The zero-order valence-corrected chi connectivity index (χ0v) is 17.0. The second-order valence-electron chi connectivity index (χ2n) is 6.93. The zero-order chi connectivity index (χ0) is 21.1. The van der Waals surface area contributed by atoms with Gasteiger partial charge in [0.25, 0.3) is 5.91 Å². The van der Waals surface area contributed by atoms with E-state index in [4.69, 9.17) is 12.2 Å². The van der Waals surface area contributed by atoms with E-state index in [9.17, 15) is 9.18 Å². The number of hydrogen-bond donors (Lipinski definition) is 2. The van der Waals surface area contributed by atoms with Gasteiger partial charge in [0, 0.05) is 11.3 Å². The van der Waals surface area contributed by atoms with Crippen LogP contribution >= 0.6 is 12.2 Å². The van der Waals surface area contributed by atoms with Crippen LogP contribution in [0, 0.1) is 5.82 Å². The second-order valence-corrected chi connectivity index (χ2v) is 7.34. The SMILES string of the molecule is Bc1ccc(NC(=S)N/N=C2\C(=O)N(Cc3ccccc3)c3ccc(F)cc32)cc1. The van der Waals surface area contributed by atoms with Crippen molar-refractivity contribution in [3.05, 3.63) is 89.7 Å². The standard InChI is InChI=1S/C22H18BFN4OS/c23-15-6-9-17(10-7-15)25-22(30)27-26-20-18-12-16(24)8-11-19(18)28(21(20)29)13-14-4-2-1-3-5-14/h1-12H,13,23H2,(H2,25,27,30)/b26-20-. The molecule has 148 valence electrons. The Kier molecular flexibility index (Phi) is 5.58. The minimum absolute atomic E-state index is 0.119. The van der Waals surface area contributed by atoms with Gasteiger partial charge in [-0.3, -0.25) is 10.2 Å². The lowest BCUT2D eigenvalue weighted by molar-refractivity contribution is -0.112. The van der Waals surface area contributed by atoms with Crippen LogP contribution in [-0.2, 0) is 11.3 Å². The predicted molar refractivity (Wildman–Crippen MR) is 125 cm³/mol. The molecule has 0 unspecified atom stereocenters. The van der Waals surface area contributed by atoms with E-state index in [1.54, 1.807) is 11.0 Å². The van der Waals surface area contributed by atoms with Gasteiger partial charge in [-0.2, -0.15) is 5.10 Å². The molecule has 1 aliphatic rings. The highest BCUT2D eigenvalue weighted by molar-refractivity contribution is 7.80. The number of nitrogens with one attached hydrogen (secondary N) is 2. The average Bonchev–Trinajstić information content (AvgIpc) is 2.99. The second kappa shape index (κ2) is 8.46. The Labute approximate surface area is 180 Å². The fourth-order valence-electron chi connectivity index (χ4n) is 3.22. The van der Waals surface area contributed by atoms with Crippen LogP contribution < -0.4 is 21.1 Å². The smallest absolute Gasteiger partial charge is 0.279 e. The van der Waals surface area contributed by atoms with Crippen molar-refractivity contribution in [3.8, 4) is 0 Å². The van der Waals surface area contributed by atoms with Crippen LogP contribution in [-0.4, -0.2) is 24.6 Å². The van der Waals surface area contributed by atoms with Gasteiger partial charge in [0.05, 0.1) is 12.2 Å². The summed E-state index contributed by atoms with van der Waals surface area (Å²) in [5, 5.41) is 7.44. The van der Waals surface area contributed by atoms with Gasteiger partial charge >= 0.3 is 0 Å². The highest BCUT2D eigenvalue weighted by atomic mass is 32.1. The lowest BCUT2D eigenvalue weighted by Gasteiger charge is -2.16. The lowest BCUT2D eigenvalue weighted by Crippen LogP contribution is -2.32. The van der Waals surface area contributed by atoms with Gasteiger partial charge in [-0.15, -0.1) is 0 Å². The fraction of sp³-hybridized carbons (Fsp3) is 0.0455. The van der Waals surface area contributed by atoms with E-state index >= 15 is 0 Å². The van der Waals surface area contributed by atoms with Crippen LogP contribution in [0.4, 0.5) is 15.8 Å². The molecular weight excluding hydrogens is 398 g/mol. The maximum Gasteiger partial charge on any atom is 0.279 e. The third-order valence-corrected chi connectivity index (χ3v) is 4.91. The molecule has 2 N–H and O–H groups in total. The van der Waals surface area contributed by atoms with Crippen LogP contribution in [0.1, 0.15) is 11.1 Å². The number of hydrazone groups is 1. The van der Waals surface area contributed by atoms with E-state index in [-0.39, 0.29) is 16.7 Å². The number of amides is 1. The van der Waals surface area contributed by atoms with Gasteiger partial charge in [0.15, 0.2) is 10.8 Å². The summed E-state index contributed by atoms with van der Waals surface area (Å²) in [6.07, 6.45) is 0. The minimum Gasteiger partial charge on any atom is -0.331 e. The van der Waals surface area contributed by atoms with Crippen LogP contribution in [0.25, 0.3) is 0 Å². The Morgan fingerprint density at radius 2 is 1.80 bits per heavy atom. The quantitative estimate of drug-likeness (QED) is 0.390. The topological polar surface area (TPSA) is 56.7 Å². The third kappa shape index (κ3) is 4.23. The zero-order valence-electron chi connectivity index (χ0n) is 16.2. The molecule has 0 fully saturated rings. The van der Waals surface area contributed by atoms with Crippen molar-refractivity contribution in [1.82, 2.24) is 5.43 Å². The molecule has 0 atom stereocenters. The maximum atomic E-state index is 13.9. The molecule has 1 amide bonds. The molecule has 8 heteroatoms. The molecule has 30 heavy (non-hydrogen) atoms. The number of anilines is 2. The van der Waals surface area contributed by atoms with Crippen molar-refractivity contribution in [2.24, 2.45) is 5.10 Å². The number of carbonyl (C=O) groups excluding carboxylic acids is 1. The normalized spacial score (nSPS) is 14.0. The first kappa shape index (κ1) is 19.8. The Bertz CT molecular complexity index is 1140. The first-order chi connectivity index (χ1) is 14.5. The number of hydrogen-bond acceptors (Lipinski definition) is 3. The lowest BCUT2D eigenvalue weighted by atomic mass is 9.96. The summed E-state index contributed by atoms with van der Waals surface area (Å²) < 4.78 is 13.9. The first-order valence-corrected chi connectivity index (χ1v) is 9.79. The van der Waals surface area contributed by atoms with Crippen molar-refractivity contribution < 1.29 is 9.18 Å². The molecule has 1 aliphatic heterocycles. The molecule has 0 saturated heterocycles. The van der Waals surface area contributed by atoms with E-state index in [2.05, 4.69) is 15.8 Å². The predicted octanol–water partition coefficient (Wildman–Crippen LogP) is 2.32. The van der Waals surface area contributed by atoms with Gasteiger partial charge in [0.2, 0.25) is 0 Å². The van der Waals surface area contributed by atoms with Gasteiger partial charge in [-0.25, -0.2) is 4.39 Å². The molecule has 4 rings (SSSR count). The van der Waals surface area contributed by atoms with Crippen molar-refractivity contribution in [2.75, 3.05) is 10.2 Å². The summed E-state index contributed by atoms with van der Waals surface area (Å²) in [5.74, 6) is -0.749. The largest absolute Gasteiger partial charge is 0.331 e. The number of nitrogens with zero attached hydrogens (tertiary/aromatic N) is 2. The third-order valence-electron chi connectivity index (χ3n) is 4.71.